The zero-order chi connectivity index (χ0) is 16.8. The van der Waals surface area contributed by atoms with Crippen LogP contribution in [0.3, 0.4) is 0 Å². The van der Waals surface area contributed by atoms with E-state index < -0.39 is 0 Å². The van der Waals surface area contributed by atoms with E-state index in [0.29, 0.717) is 15.7 Å². The summed E-state index contributed by atoms with van der Waals surface area (Å²) in [5.74, 6) is 0. The summed E-state index contributed by atoms with van der Waals surface area (Å²) in [7, 11) is 0. The van der Waals surface area contributed by atoms with Crippen molar-refractivity contribution in [3.8, 4) is 16.9 Å². The molecule has 2 N–H and O–H groups in total. The third kappa shape index (κ3) is 2.35. The number of thiol groups is 1. The predicted molar refractivity (Wildman–Crippen MR) is 98.5 cm³/mol. The molecule has 0 unspecified atom stereocenters. The average molecular weight is 357 g/mol. The van der Waals surface area contributed by atoms with Gasteiger partial charge in [0.15, 0.2) is 0 Å². The molecule has 2 aromatic heterocycles. The Morgan fingerprint density at radius 3 is 2.83 bits per heavy atom. The van der Waals surface area contributed by atoms with Gasteiger partial charge in [-0.1, -0.05) is 17.7 Å². The number of rotatable bonds is 2. The van der Waals surface area contributed by atoms with E-state index in [1.54, 1.807) is 10.9 Å². The van der Waals surface area contributed by atoms with Crippen molar-refractivity contribution in [3.05, 3.63) is 63.8 Å². The molecule has 0 radical (unpaired) electrons. The lowest BCUT2D eigenvalue weighted by Crippen LogP contribution is -2.15. The van der Waals surface area contributed by atoms with Crippen LogP contribution in [0.2, 0.25) is 5.02 Å². The number of hydrogen-bond acceptors (Lipinski definition) is 3. The summed E-state index contributed by atoms with van der Waals surface area (Å²) in [4.78, 5) is 22.5. The van der Waals surface area contributed by atoms with Gasteiger partial charge < -0.3 is 9.97 Å². The average Bonchev–Trinajstić information content (AvgIpc) is 3.13. The van der Waals surface area contributed by atoms with E-state index >= 15 is 0 Å². The quantitative estimate of drug-likeness (QED) is 0.476. The summed E-state index contributed by atoms with van der Waals surface area (Å²) >= 11 is 10.6. The molecule has 0 saturated heterocycles. The molecule has 5 nitrogen and oxygen atoms in total. The normalized spacial score (nSPS) is 11.3. The maximum atomic E-state index is 12.5. The van der Waals surface area contributed by atoms with Crippen LogP contribution in [0.15, 0.2) is 52.5 Å². The van der Waals surface area contributed by atoms with Gasteiger partial charge in [-0.2, -0.15) is 0 Å². The lowest BCUT2D eigenvalue weighted by Gasteiger charge is -2.10. The molecule has 0 saturated carbocycles. The van der Waals surface area contributed by atoms with Crippen LogP contribution in [0.1, 0.15) is 5.56 Å². The number of aryl methyl sites for hydroxylation is 1. The molecule has 4 aromatic rings. The van der Waals surface area contributed by atoms with Crippen LogP contribution in [-0.4, -0.2) is 19.5 Å². The highest BCUT2D eigenvalue weighted by Gasteiger charge is 2.16. The number of imidazole rings is 2. The van der Waals surface area contributed by atoms with Crippen LogP contribution in [0.5, 0.6) is 0 Å². The molecule has 24 heavy (non-hydrogen) atoms. The van der Waals surface area contributed by atoms with E-state index in [4.69, 9.17) is 11.6 Å². The molecule has 2 heterocycles. The van der Waals surface area contributed by atoms with Crippen molar-refractivity contribution in [2.45, 2.75) is 11.9 Å². The highest BCUT2D eigenvalue weighted by Crippen LogP contribution is 2.30. The highest BCUT2D eigenvalue weighted by molar-refractivity contribution is 7.80. The second-order valence-electron chi connectivity index (χ2n) is 5.53. The Hall–Kier alpha value is -2.44. The predicted octanol–water partition coefficient (Wildman–Crippen LogP) is 3.96. The van der Waals surface area contributed by atoms with Gasteiger partial charge >= 0.3 is 5.69 Å². The largest absolute Gasteiger partial charge is 0.345 e. The topological polar surface area (TPSA) is 66.5 Å². The fourth-order valence-corrected chi connectivity index (χ4v) is 3.23. The summed E-state index contributed by atoms with van der Waals surface area (Å²) in [6.07, 6.45) is 1.63. The minimum Gasteiger partial charge on any atom is -0.345 e. The third-order valence-corrected chi connectivity index (χ3v) is 4.72. The smallest absolute Gasteiger partial charge is 0.331 e. The van der Waals surface area contributed by atoms with Crippen molar-refractivity contribution in [2.75, 3.05) is 0 Å². The summed E-state index contributed by atoms with van der Waals surface area (Å²) < 4.78 is 1.60. The SMILES string of the molecule is Cc1cc(-c2c(S)[nH]c(=O)n2-c2ccc3nc[nH]c3c2)ccc1Cl. The van der Waals surface area contributed by atoms with Crippen molar-refractivity contribution in [2.24, 2.45) is 0 Å². The van der Waals surface area contributed by atoms with Crippen molar-refractivity contribution < 1.29 is 0 Å². The Labute approximate surface area is 147 Å². The standard InChI is InChI=1S/C17H13ClN4OS/c1-9-6-10(2-4-12(9)18)15-16(24)21-17(23)22(15)11-3-5-13-14(7-11)20-8-19-13/h2-8,24H,1H3,(H,19,20)(H,21,23). The molecular formula is C17H13ClN4OS. The first-order chi connectivity index (χ1) is 11.5. The fourth-order valence-electron chi connectivity index (χ4n) is 2.79. The van der Waals surface area contributed by atoms with Gasteiger partial charge in [0.1, 0.15) is 0 Å². The zero-order valence-electron chi connectivity index (χ0n) is 12.7. The number of halogens is 1. The van der Waals surface area contributed by atoms with Crippen LogP contribution in [0, 0.1) is 6.92 Å². The number of fused-ring (bicyclic) bond motifs is 1. The Morgan fingerprint density at radius 1 is 1.21 bits per heavy atom. The van der Waals surface area contributed by atoms with Gasteiger partial charge in [-0.25, -0.2) is 9.78 Å². The van der Waals surface area contributed by atoms with E-state index in [2.05, 4.69) is 27.6 Å². The molecule has 7 heteroatoms. The molecule has 0 fully saturated rings. The van der Waals surface area contributed by atoms with Gasteiger partial charge in [-0.3, -0.25) is 4.57 Å². The first-order valence-corrected chi connectivity index (χ1v) is 8.11. The van der Waals surface area contributed by atoms with Crippen LogP contribution >= 0.6 is 24.2 Å². The van der Waals surface area contributed by atoms with Gasteiger partial charge in [0, 0.05) is 10.6 Å². The summed E-state index contributed by atoms with van der Waals surface area (Å²) in [6, 6.07) is 11.3. The van der Waals surface area contributed by atoms with Gasteiger partial charge in [-0.05, 0) is 42.8 Å². The number of nitrogens with one attached hydrogen (secondary N) is 2. The van der Waals surface area contributed by atoms with E-state index in [9.17, 15) is 4.79 Å². The van der Waals surface area contributed by atoms with Crippen molar-refractivity contribution in [3.63, 3.8) is 0 Å². The van der Waals surface area contributed by atoms with Crippen LogP contribution in [-0.2, 0) is 0 Å². The zero-order valence-corrected chi connectivity index (χ0v) is 14.3. The molecule has 0 aliphatic carbocycles. The highest BCUT2D eigenvalue weighted by atomic mass is 35.5. The summed E-state index contributed by atoms with van der Waals surface area (Å²) in [5, 5.41) is 1.19. The van der Waals surface area contributed by atoms with Crippen molar-refractivity contribution in [1.29, 1.82) is 0 Å². The Morgan fingerprint density at radius 2 is 2.04 bits per heavy atom. The first kappa shape index (κ1) is 15.1. The number of aromatic amines is 2. The van der Waals surface area contributed by atoms with E-state index in [0.717, 1.165) is 27.8 Å². The second-order valence-corrected chi connectivity index (χ2v) is 6.39. The van der Waals surface area contributed by atoms with Crippen LogP contribution < -0.4 is 5.69 Å². The number of benzene rings is 2. The first-order valence-electron chi connectivity index (χ1n) is 7.28. The number of aromatic nitrogens is 4. The molecule has 0 spiro atoms. The molecule has 4 rings (SSSR count). The second kappa shape index (κ2) is 5.58. The fraction of sp³-hybridized carbons (Fsp3) is 0.0588. The van der Waals surface area contributed by atoms with Crippen LogP contribution in [0.25, 0.3) is 28.0 Å². The molecule has 0 aliphatic rings. The molecular weight excluding hydrogens is 344 g/mol. The molecule has 0 bridgehead atoms. The molecule has 0 atom stereocenters. The van der Waals surface area contributed by atoms with Gasteiger partial charge in [0.05, 0.1) is 33.8 Å². The van der Waals surface area contributed by atoms with E-state index in [-0.39, 0.29) is 5.69 Å². The maximum Gasteiger partial charge on any atom is 0.331 e. The molecule has 0 amide bonds. The Bertz CT molecular complexity index is 1130. The van der Waals surface area contributed by atoms with Crippen molar-refractivity contribution in [1.82, 2.24) is 19.5 Å². The number of nitrogens with zero attached hydrogens (tertiary/aromatic N) is 2. The summed E-state index contributed by atoms with van der Waals surface area (Å²) in [5.41, 5.74) is 4.69. The minimum atomic E-state index is -0.249. The van der Waals surface area contributed by atoms with Crippen molar-refractivity contribution >= 4 is 35.3 Å². The Kier molecular flexibility index (Phi) is 3.51. The van der Waals surface area contributed by atoms with E-state index in [1.165, 1.54) is 0 Å². The lowest BCUT2D eigenvalue weighted by molar-refractivity contribution is 0.992. The summed E-state index contributed by atoms with van der Waals surface area (Å²) in [6.45, 7) is 1.93. The molecule has 2 aromatic carbocycles. The van der Waals surface area contributed by atoms with Crippen LogP contribution in [0.4, 0.5) is 0 Å². The minimum absolute atomic E-state index is 0.249. The lowest BCUT2D eigenvalue weighted by atomic mass is 10.1. The molecule has 120 valence electrons. The number of hydrogen-bond donors (Lipinski definition) is 3. The Balaban J connectivity index is 1.98. The monoisotopic (exact) mass is 356 g/mol. The third-order valence-electron chi connectivity index (χ3n) is 3.97. The maximum absolute atomic E-state index is 12.5. The molecule has 0 aliphatic heterocycles. The van der Waals surface area contributed by atoms with Gasteiger partial charge in [0.2, 0.25) is 0 Å². The van der Waals surface area contributed by atoms with E-state index in [1.807, 2.05) is 43.3 Å². The van der Waals surface area contributed by atoms with Gasteiger partial charge in [0.25, 0.3) is 0 Å². The van der Waals surface area contributed by atoms with Gasteiger partial charge in [-0.15, -0.1) is 12.6 Å². The number of H-pyrrole nitrogens is 2.